The van der Waals surface area contributed by atoms with Crippen LogP contribution in [0.15, 0.2) is 64.0 Å². The zero-order chi connectivity index (χ0) is 16.4. The number of hydrogen-bond acceptors (Lipinski definition) is 4. The van der Waals surface area contributed by atoms with E-state index < -0.39 is 32.1 Å². The number of aromatic nitrogens is 1. The Balaban J connectivity index is 1.88. The molecule has 0 aliphatic rings. The van der Waals surface area contributed by atoms with Gasteiger partial charge in [0, 0.05) is 11.6 Å². The summed E-state index contributed by atoms with van der Waals surface area (Å²) in [6, 6.07) is 11.3. The summed E-state index contributed by atoms with van der Waals surface area (Å²) in [5.74, 6) is -2.24. The number of nitrogens with zero attached hydrogens (tertiary/aromatic N) is 1. The van der Waals surface area contributed by atoms with Crippen LogP contribution in [-0.2, 0) is 15.6 Å². The predicted octanol–water partition coefficient (Wildman–Crippen LogP) is 3.59. The minimum absolute atomic E-state index is 0.0624. The summed E-state index contributed by atoms with van der Waals surface area (Å²) >= 11 is 0. The predicted molar refractivity (Wildman–Crippen MR) is 79.2 cm³/mol. The average Bonchev–Trinajstić information content (AvgIpc) is 2.95. The van der Waals surface area contributed by atoms with Crippen LogP contribution < -0.4 is 0 Å². The van der Waals surface area contributed by atoms with Gasteiger partial charge in [-0.1, -0.05) is 30.3 Å². The van der Waals surface area contributed by atoms with Crippen LogP contribution in [0.3, 0.4) is 0 Å². The topological polar surface area (TPSA) is 60.2 Å². The lowest BCUT2D eigenvalue weighted by atomic mass is 10.2. The zero-order valence-electron chi connectivity index (χ0n) is 11.7. The highest BCUT2D eigenvalue weighted by molar-refractivity contribution is 7.90. The van der Waals surface area contributed by atoms with Crippen molar-refractivity contribution >= 4 is 9.84 Å². The number of benzene rings is 2. The summed E-state index contributed by atoms with van der Waals surface area (Å²) in [4.78, 5) is 3.32. The van der Waals surface area contributed by atoms with Crippen LogP contribution in [-0.4, -0.2) is 13.4 Å². The van der Waals surface area contributed by atoms with E-state index in [4.69, 9.17) is 4.42 Å². The molecule has 3 rings (SSSR count). The Hall–Kier alpha value is -2.54. The molecule has 0 N–H and O–H groups in total. The lowest BCUT2D eigenvalue weighted by Gasteiger charge is -2.03. The first kappa shape index (κ1) is 15.4. The third kappa shape index (κ3) is 3.29. The lowest BCUT2D eigenvalue weighted by Crippen LogP contribution is -2.07. The fourth-order valence-corrected chi connectivity index (χ4v) is 3.33. The van der Waals surface area contributed by atoms with Crippen LogP contribution in [0, 0.1) is 11.6 Å². The number of hydrogen-bond donors (Lipinski definition) is 0. The first-order valence-corrected chi connectivity index (χ1v) is 8.29. The minimum Gasteiger partial charge on any atom is -0.440 e. The van der Waals surface area contributed by atoms with Crippen molar-refractivity contribution in [2.45, 2.75) is 10.6 Å². The molecule has 3 aromatic rings. The van der Waals surface area contributed by atoms with E-state index in [0.29, 0.717) is 11.8 Å². The second-order valence-electron chi connectivity index (χ2n) is 4.82. The SMILES string of the molecule is O=S(=O)(Cc1ncc(-c2ccccc2)o1)c1ccc(F)cc1F. The Morgan fingerprint density at radius 3 is 2.48 bits per heavy atom. The average molecular weight is 335 g/mol. The molecule has 1 aromatic heterocycles. The fraction of sp³-hybridized carbons (Fsp3) is 0.0625. The molecule has 23 heavy (non-hydrogen) atoms. The Labute approximate surface area is 131 Å². The van der Waals surface area contributed by atoms with Crippen molar-refractivity contribution in [2.75, 3.05) is 0 Å². The van der Waals surface area contributed by atoms with Crippen molar-refractivity contribution in [1.82, 2.24) is 4.98 Å². The molecule has 0 atom stereocenters. The van der Waals surface area contributed by atoms with E-state index in [1.165, 1.54) is 6.20 Å². The second-order valence-corrected chi connectivity index (χ2v) is 6.78. The number of sulfone groups is 1. The quantitative estimate of drug-likeness (QED) is 0.684. The van der Waals surface area contributed by atoms with Gasteiger partial charge in [-0.15, -0.1) is 0 Å². The molecule has 2 aromatic carbocycles. The van der Waals surface area contributed by atoms with Crippen molar-refractivity contribution in [3.63, 3.8) is 0 Å². The molecule has 0 saturated carbocycles. The van der Waals surface area contributed by atoms with Gasteiger partial charge in [0.15, 0.2) is 15.6 Å². The molecule has 0 amide bonds. The van der Waals surface area contributed by atoms with Gasteiger partial charge < -0.3 is 4.42 Å². The minimum atomic E-state index is -4.03. The smallest absolute Gasteiger partial charge is 0.210 e. The molecule has 0 unspecified atom stereocenters. The second kappa shape index (κ2) is 5.92. The van der Waals surface area contributed by atoms with Crippen LogP contribution in [0.4, 0.5) is 8.78 Å². The monoisotopic (exact) mass is 335 g/mol. The van der Waals surface area contributed by atoms with Crippen LogP contribution in [0.25, 0.3) is 11.3 Å². The number of rotatable bonds is 4. The Kier molecular flexibility index (Phi) is 3.96. The first-order chi connectivity index (χ1) is 11.0. The van der Waals surface area contributed by atoms with Gasteiger partial charge in [-0.05, 0) is 12.1 Å². The first-order valence-electron chi connectivity index (χ1n) is 6.64. The van der Waals surface area contributed by atoms with Gasteiger partial charge in [-0.3, -0.25) is 0 Å². The van der Waals surface area contributed by atoms with Crippen LogP contribution in [0.5, 0.6) is 0 Å². The van der Waals surface area contributed by atoms with E-state index in [1.54, 1.807) is 12.1 Å². The lowest BCUT2D eigenvalue weighted by molar-refractivity contribution is 0.515. The maximum atomic E-state index is 13.6. The van der Waals surface area contributed by atoms with Gasteiger partial charge in [0.05, 0.1) is 6.20 Å². The highest BCUT2D eigenvalue weighted by Crippen LogP contribution is 2.24. The molecular weight excluding hydrogens is 324 g/mol. The number of halogens is 2. The molecule has 0 saturated heterocycles. The van der Waals surface area contributed by atoms with E-state index in [0.717, 1.165) is 17.7 Å². The molecule has 7 heteroatoms. The summed E-state index contributed by atoms with van der Waals surface area (Å²) in [6.45, 7) is 0. The third-order valence-corrected chi connectivity index (χ3v) is 4.78. The molecule has 118 valence electrons. The summed E-state index contributed by atoms with van der Waals surface area (Å²) in [7, 11) is -4.03. The normalized spacial score (nSPS) is 11.6. The van der Waals surface area contributed by atoms with Gasteiger partial charge in [0.1, 0.15) is 22.3 Å². The van der Waals surface area contributed by atoms with Gasteiger partial charge in [-0.25, -0.2) is 22.2 Å². The Morgan fingerprint density at radius 1 is 1.04 bits per heavy atom. The molecule has 0 aliphatic carbocycles. The van der Waals surface area contributed by atoms with E-state index in [9.17, 15) is 17.2 Å². The molecule has 0 aliphatic heterocycles. The summed E-state index contributed by atoms with van der Waals surface area (Å²) in [5.41, 5.74) is 0.747. The molecule has 0 fully saturated rings. The largest absolute Gasteiger partial charge is 0.440 e. The van der Waals surface area contributed by atoms with E-state index in [-0.39, 0.29) is 5.89 Å². The van der Waals surface area contributed by atoms with Gasteiger partial charge in [-0.2, -0.15) is 0 Å². The zero-order valence-corrected chi connectivity index (χ0v) is 12.6. The Morgan fingerprint density at radius 2 is 1.78 bits per heavy atom. The van der Waals surface area contributed by atoms with Crippen LogP contribution in [0.1, 0.15) is 5.89 Å². The van der Waals surface area contributed by atoms with Crippen molar-refractivity contribution in [1.29, 1.82) is 0 Å². The van der Waals surface area contributed by atoms with Crippen molar-refractivity contribution < 1.29 is 21.6 Å². The van der Waals surface area contributed by atoms with Crippen molar-refractivity contribution in [2.24, 2.45) is 0 Å². The molecule has 0 radical (unpaired) electrons. The van der Waals surface area contributed by atoms with Gasteiger partial charge in [0.2, 0.25) is 5.89 Å². The van der Waals surface area contributed by atoms with Crippen LogP contribution >= 0.6 is 0 Å². The molecule has 4 nitrogen and oxygen atoms in total. The van der Waals surface area contributed by atoms with E-state index >= 15 is 0 Å². The molecule has 1 heterocycles. The Bertz CT molecular complexity index is 937. The highest BCUT2D eigenvalue weighted by Gasteiger charge is 2.23. The maximum absolute atomic E-state index is 13.6. The maximum Gasteiger partial charge on any atom is 0.210 e. The van der Waals surface area contributed by atoms with Gasteiger partial charge in [0.25, 0.3) is 0 Å². The van der Waals surface area contributed by atoms with E-state index in [2.05, 4.69) is 4.98 Å². The van der Waals surface area contributed by atoms with Crippen molar-refractivity contribution in [3.8, 4) is 11.3 Å². The molecule has 0 bridgehead atoms. The third-order valence-electron chi connectivity index (χ3n) is 3.15. The fourth-order valence-electron chi connectivity index (χ4n) is 2.08. The summed E-state index contributed by atoms with van der Waals surface area (Å²) < 4.78 is 56.4. The standard InChI is InChI=1S/C16H11F2NO3S/c17-12-6-7-15(13(18)8-12)23(20,21)10-16-19-9-14(22-16)11-4-2-1-3-5-11/h1-9H,10H2. The van der Waals surface area contributed by atoms with Crippen molar-refractivity contribution in [3.05, 3.63) is 72.3 Å². The highest BCUT2D eigenvalue weighted by atomic mass is 32.2. The summed E-state index contributed by atoms with van der Waals surface area (Å²) in [6.07, 6.45) is 1.40. The van der Waals surface area contributed by atoms with Crippen LogP contribution in [0.2, 0.25) is 0 Å². The number of oxazole rings is 1. The van der Waals surface area contributed by atoms with E-state index in [1.807, 2.05) is 18.2 Å². The van der Waals surface area contributed by atoms with Gasteiger partial charge >= 0.3 is 0 Å². The molecular formula is C16H11F2NO3S. The molecule has 0 spiro atoms. The summed E-state index contributed by atoms with van der Waals surface area (Å²) in [5, 5.41) is 0.